The number of rotatable bonds is 22. The molecule has 4 N–H and O–H groups in total. The van der Waals surface area contributed by atoms with E-state index >= 15 is 0 Å². The van der Waals surface area contributed by atoms with Crippen LogP contribution in [-0.4, -0.2) is 125 Å². The summed E-state index contributed by atoms with van der Waals surface area (Å²) in [6.45, 7) is 20.7. The fourth-order valence-electron chi connectivity index (χ4n) is 6.19. The van der Waals surface area contributed by atoms with Gasteiger partial charge in [-0.2, -0.15) is 0 Å². The summed E-state index contributed by atoms with van der Waals surface area (Å²) in [5.41, 5.74) is -0.429. The van der Waals surface area contributed by atoms with Crippen molar-refractivity contribution in [3.63, 3.8) is 0 Å². The third-order valence-corrected chi connectivity index (χ3v) is 15.6. The van der Waals surface area contributed by atoms with E-state index in [9.17, 15) is 25.2 Å². The molecule has 1 fully saturated rings. The molecule has 0 aromatic heterocycles. The highest BCUT2D eigenvalue weighted by Crippen LogP contribution is 2.49. The van der Waals surface area contributed by atoms with Gasteiger partial charge in [0.25, 0.3) is 0 Å². The standard InChI is InChI=1S/C36H70O12Si/c1-15-25(21-47-49(13,14)34(4,5)6)16-23(2)28(37)17-26(43-10)20-31(38)35(7,8)36(41)24(3)29(44-11)18-27(48-36)19-30(45-12)32(33(39)40)46-22-42-9/h16,24-32,37-38,41H,15,17-22H2,1-14H3,(H,39,40)/b23-16-/t24-,25?,26-,27-,28?,29-,30-,31+,32+,36?/m0/s1. The van der Waals surface area contributed by atoms with E-state index in [1.807, 2.05) is 6.92 Å². The Balaban J connectivity index is 3.13. The summed E-state index contributed by atoms with van der Waals surface area (Å²) >= 11 is 0. The van der Waals surface area contributed by atoms with Crippen LogP contribution < -0.4 is 0 Å². The van der Waals surface area contributed by atoms with Gasteiger partial charge in [0, 0.05) is 72.1 Å². The van der Waals surface area contributed by atoms with E-state index in [0.29, 0.717) is 13.0 Å². The minimum absolute atomic E-state index is 0.0798. The number of aliphatic carboxylic acids is 1. The number of carboxylic acid groups (broad SMARTS) is 1. The van der Waals surface area contributed by atoms with E-state index < -0.39 is 74.1 Å². The molecule has 0 aromatic rings. The summed E-state index contributed by atoms with van der Waals surface area (Å²) < 4.78 is 40.1. The average molecular weight is 723 g/mol. The largest absolute Gasteiger partial charge is 0.479 e. The van der Waals surface area contributed by atoms with Crippen molar-refractivity contribution in [1.82, 2.24) is 0 Å². The zero-order valence-corrected chi connectivity index (χ0v) is 33.8. The van der Waals surface area contributed by atoms with Crippen molar-refractivity contribution in [2.75, 3.05) is 41.8 Å². The van der Waals surface area contributed by atoms with E-state index in [1.54, 1.807) is 35.0 Å². The van der Waals surface area contributed by atoms with E-state index in [0.717, 1.165) is 12.0 Å². The number of ether oxygens (including phenoxy) is 6. The molecule has 0 saturated carbocycles. The predicted octanol–water partition coefficient (Wildman–Crippen LogP) is 5.13. The summed E-state index contributed by atoms with van der Waals surface area (Å²) in [4.78, 5) is 12.0. The normalized spacial score (nSPS) is 26.6. The van der Waals surface area contributed by atoms with Crippen molar-refractivity contribution >= 4 is 14.3 Å². The molecule has 10 atom stereocenters. The van der Waals surface area contributed by atoms with Crippen LogP contribution in [-0.2, 0) is 37.6 Å². The number of hydrogen-bond acceptors (Lipinski definition) is 11. The topological polar surface area (TPSA) is 163 Å². The number of aliphatic hydroxyl groups is 3. The first-order valence-corrected chi connectivity index (χ1v) is 20.5. The smallest absolute Gasteiger partial charge is 0.335 e. The molecular formula is C36H70O12Si. The first-order valence-electron chi connectivity index (χ1n) is 17.6. The van der Waals surface area contributed by atoms with Gasteiger partial charge < -0.3 is 53.3 Å². The van der Waals surface area contributed by atoms with E-state index in [-0.39, 0.29) is 37.0 Å². The van der Waals surface area contributed by atoms with Crippen molar-refractivity contribution in [2.45, 2.75) is 154 Å². The number of carbonyl (C=O) groups is 1. The summed E-state index contributed by atoms with van der Waals surface area (Å²) in [6.07, 6.45) is -2.07. The Bertz CT molecular complexity index is 1010. The molecule has 0 aliphatic carbocycles. The van der Waals surface area contributed by atoms with Gasteiger partial charge in [0.2, 0.25) is 0 Å². The molecule has 1 aliphatic rings. The Morgan fingerprint density at radius 1 is 1.06 bits per heavy atom. The zero-order chi connectivity index (χ0) is 38.0. The number of methoxy groups -OCH3 is 4. The first-order chi connectivity index (χ1) is 22.6. The van der Waals surface area contributed by atoms with Crippen LogP contribution in [0.2, 0.25) is 18.1 Å². The lowest BCUT2D eigenvalue weighted by molar-refractivity contribution is -0.365. The van der Waals surface area contributed by atoms with Gasteiger partial charge in [-0.3, -0.25) is 0 Å². The van der Waals surface area contributed by atoms with Gasteiger partial charge in [0.1, 0.15) is 6.79 Å². The molecule has 1 heterocycles. The molecule has 49 heavy (non-hydrogen) atoms. The zero-order valence-electron chi connectivity index (χ0n) is 32.8. The SMILES string of the molecule is CCC(/C=C(/C)C(O)C[C@@H](C[C@@H](O)C(C)(C)C1(O)O[C@H](C[C@H](OC)[C@@H](OCOC)C(=O)O)C[C@H](OC)[C@@H]1C)OC)CO[Si](C)(C)C(C)(C)C. The van der Waals surface area contributed by atoms with Crippen LogP contribution in [0.3, 0.4) is 0 Å². The maximum atomic E-state index is 12.2. The molecule has 0 bridgehead atoms. The highest BCUT2D eigenvalue weighted by atomic mass is 28.4. The molecule has 1 aliphatic heterocycles. The Hall–Kier alpha value is -0.973. The first kappa shape index (κ1) is 46.0. The minimum Gasteiger partial charge on any atom is -0.479 e. The minimum atomic E-state index is -1.91. The van der Waals surface area contributed by atoms with Crippen LogP contribution in [0.15, 0.2) is 11.6 Å². The molecule has 1 saturated heterocycles. The number of carboxylic acids is 1. The molecule has 12 nitrogen and oxygen atoms in total. The van der Waals surface area contributed by atoms with Gasteiger partial charge in [0.05, 0.1) is 36.6 Å². The monoisotopic (exact) mass is 722 g/mol. The molecule has 0 radical (unpaired) electrons. The van der Waals surface area contributed by atoms with Crippen molar-refractivity contribution in [3.05, 3.63) is 11.6 Å². The highest BCUT2D eigenvalue weighted by molar-refractivity contribution is 6.74. The molecular weight excluding hydrogens is 652 g/mol. The number of hydrogen-bond donors (Lipinski definition) is 4. The van der Waals surface area contributed by atoms with Gasteiger partial charge >= 0.3 is 5.97 Å². The maximum Gasteiger partial charge on any atom is 0.335 e. The molecule has 3 unspecified atom stereocenters. The van der Waals surface area contributed by atoms with Crippen LogP contribution in [0, 0.1) is 17.3 Å². The summed E-state index contributed by atoms with van der Waals surface area (Å²) in [7, 11) is 3.96. The van der Waals surface area contributed by atoms with Crippen LogP contribution >= 0.6 is 0 Å². The quantitative estimate of drug-likeness (QED) is 0.0663. The van der Waals surface area contributed by atoms with E-state index in [1.165, 1.54) is 14.2 Å². The third-order valence-electron chi connectivity index (χ3n) is 11.1. The Morgan fingerprint density at radius 2 is 1.67 bits per heavy atom. The van der Waals surface area contributed by atoms with Gasteiger partial charge in [-0.05, 0) is 43.0 Å². The van der Waals surface area contributed by atoms with Crippen LogP contribution in [0.1, 0.15) is 87.5 Å². The summed E-state index contributed by atoms with van der Waals surface area (Å²) in [6, 6.07) is 0. The lowest BCUT2D eigenvalue weighted by Gasteiger charge is -2.55. The van der Waals surface area contributed by atoms with Crippen LogP contribution in [0.4, 0.5) is 0 Å². The molecule has 13 heteroatoms. The second-order valence-electron chi connectivity index (χ2n) is 15.8. The van der Waals surface area contributed by atoms with E-state index in [2.05, 4.69) is 46.9 Å². The third kappa shape index (κ3) is 12.3. The molecule has 0 spiro atoms. The Labute approximate surface area is 296 Å². The van der Waals surface area contributed by atoms with Gasteiger partial charge in [-0.1, -0.05) is 54.5 Å². The summed E-state index contributed by atoms with van der Waals surface area (Å²) in [5.74, 6) is -3.50. The van der Waals surface area contributed by atoms with Crippen LogP contribution in [0.5, 0.6) is 0 Å². The molecule has 1 rings (SSSR count). The maximum absolute atomic E-state index is 12.2. The molecule has 0 aromatic carbocycles. The van der Waals surface area contributed by atoms with Gasteiger partial charge in [-0.25, -0.2) is 4.79 Å². The fourth-order valence-corrected chi connectivity index (χ4v) is 7.26. The van der Waals surface area contributed by atoms with Crippen molar-refractivity contribution in [1.29, 1.82) is 0 Å². The molecule has 0 amide bonds. The second kappa shape index (κ2) is 19.7. The fraction of sp³-hybridized carbons (Fsp3) is 0.917. The Kier molecular flexibility index (Phi) is 18.6. The lowest BCUT2D eigenvalue weighted by atomic mass is 9.67. The van der Waals surface area contributed by atoms with E-state index in [4.69, 9.17) is 32.8 Å². The molecule has 290 valence electrons. The summed E-state index contributed by atoms with van der Waals surface area (Å²) in [5, 5.41) is 45.0. The Morgan fingerprint density at radius 3 is 2.14 bits per heavy atom. The van der Waals surface area contributed by atoms with Crippen molar-refractivity contribution < 1.29 is 58.1 Å². The highest BCUT2D eigenvalue weighted by Gasteiger charge is 2.59. The average Bonchev–Trinajstić information content (AvgIpc) is 3.02. The lowest BCUT2D eigenvalue weighted by Crippen LogP contribution is -2.64. The second-order valence-corrected chi connectivity index (χ2v) is 20.6. The van der Waals surface area contributed by atoms with Crippen molar-refractivity contribution in [3.8, 4) is 0 Å². The van der Waals surface area contributed by atoms with Gasteiger partial charge in [0.15, 0.2) is 20.2 Å². The van der Waals surface area contributed by atoms with Crippen molar-refractivity contribution in [2.24, 2.45) is 17.3 Å². The van der Waals surface area contributed by atoms with Crippen LogP contribution in [0.25, 0.3) is 0 Å². The predicted molar refractivity (Wildman–Crippen MR) is 191 cm³/mol. The number of aliphatic hydroxyl groups excluding tert-OH is 2. The van der Waals surface area contributed by atoms with Gasteiger partial charge in [-0.15, -0.1) is 0 Å².